The number of hydrogen-bond acceptors (Lipinski definition) is 1. The topological polar surface area (TPSA) is 17.1 Å². The zero-order valence-electron chi connectivity index (χ0n) is 15.8. The van der Waals surface area contributed by atoms with E-state index in [-0.39, 0.29) is 28.3 Å². The highest BCUT2D eigenvalue weighted by Gasteiger charge is 2.43. The molecule has 0 aromatic heterocycles. The molecule has 1 aromatic carbocycles. The van der Waals surface area contributed by atoms with E-state index < -0.39 is 0 Å². The summed E-state index contributed by atoms with van der Waals surface area (Å²) >= 11 is 12.4. The van der Waals surface area contributed by atoms with Crippen LogP contribution in [0.5, 0.6) is 0 Å². The lowest BCUT2D eigenvalue weighted by Gasteiger charge is -2.38. The maximum Gasteiger partial charge on any atom is 0.338 e. The Morgan fingerprint density at radius 2 is 1.85 bits per heavy atom. The van der Waals surface area contributed by atoms with Gasteiger partial charge in [0.15, 0.2) is 0 Å². The number of likely N-dealkylation sites (tertiary alicyclic amines) is 1. The smallest absolute Gasteiger partial charge is 0.338 e. The summed E-state index contributed by atoms with van der Waals surface area (Å²) < 4.78 is 0.538. The third-order valence-electron chi connectivity index (χ3n) is 5.04. The van der Waals surface area contributed by atoms with Gasteiger partial charge in [0.1, 0.15) is 0 Å². The highest BCUT2D eigenvalue weighted by molar-refractivity contribution is 6.35. The van der Waals surface area contributed by atoms with Crippen molar-refractivity contribution in [3.8, 4) is 0 Å². The number of amides is 1. The van der Waals surface area contributed by atoms with Crippen molar-refractivity contribution in [3.05, 3.63) is 58.1 Å². The van der Waals surface area contributed by atoms with Crippen LogP contribution in [-0.2, 0) is 11.2 Å². The van der Waals surface area contributed by atoms with Crippen molar-refractivity contribution >= 4 is 29.1 Å². The molecule has 0 bridgehead atoms. The summed E-state index contributed by atoms with van der Waals surface area (Å²) in [6, 6.07) is 5.66. The van der Waals surface area contributed by atoms with Crippen molar-refractivity contribution < 1.29 is 26.3 Å². The van der Waals surface area contributed by atoms with Crippen LogP contribution in [-0.4, -0.2) is 30.0 Å². The van der Waals surface area contributed by atoms with E-state index in [0.717, 1.165) is 44.5 Å². The predicted molar refractivity (Wildman–Crippen MR) is 107 cm³/mol. The van der Waals surface area contributed by atoms with Gasteiger partial charge in [0, 0.05) is 34.4 Å². The van der Waals surface area contributed by atoms with E-state index >= 15 is 0 Å². The number of benzene rings is 1. The minimum atomic E-state index is -0.145. The molecule has 1 aliphatic rings. The quantitative estimate of drug-likeness (QED) is 0.362. The lowest BCUT2D eigenvalue weighted by molar-refractivity contribution is -0.845. The molecule has 0 radical (unpaired) electrons. The van der Waals surface area contributed by atoms with E-state index in [2.05, 4.69) is 19.1 Å². The second kappa shape index (κ2) is 10.1. The molecule has 1 amide bonds. The molecule has 1 aromatic rings. The number of nitrogens with zero attached hydrogens (tertiary/aromatic N) is 1. The normalized spacial score (nSPS) is 18.8. The molecule has 1 atom stereocenters. The lowest BCUT2D eigenvalue weighted by Crippen LogP contribution is -3.00. The first kappa shape index (κ1) is 23.4. The Morgan fingerprint density at radius 3 is 2.38 bits per heavy atom. The third kappa shape index (κ3) is 5.69. The van der Waals surface area contributed by atoms with Crippen LogP contribution in [0.4, 0.5) is 0 Å². The number of rotatable bonds is 6. The third-order valence-corrected chi connectivity index (χ3v) is 5.63. The van der Waals surface area contributed by atoms with Gasteiger partial charge in [-0.15, -0.1) is 0 Å². The SMILES string of the molecule is CC=CC(=O)[N+]1(CC(C)(C=CC)Cc2ccc(Cl)cc2Cl)CCCC1.[Br-]. The average Bonchev–Trinajstić information content (AvgIpc) is 3.00. The molecular weight excluding hydrogens is 433 g/mol. The zero-order chi connectivity index (χ0) is 18.5. The molecule has 0 aliphatic carbocycles. The number of carbonyl (C=O) groups excluding carboxylic acids is 1. The summed E-state index contributed by atoms with van der Waals surface area (Å²) in [7, 11) is 0. The molecule has 2 rings (SSSR count). The summed E-state index contributed by atoms with van der Waals surface area (Å²) in [6.45, 7) is 8.79. The van der Waals surface area contributed by atoms with Crippen molar-refractivity contribution in [1.82, 2.24) is 0 Å². The van der Waals surface area contributed by atoms with Gasteiger partial charge in [0.05, 0.1) is 19.6 Å². The van der Waals surface area contributed by atoms with Crippen molar-refractivity contribution in [1.29, 1.82) is 0 Å². The van der Waals surface area contributed by atoms with E-state index in [1.54, 1.807) is 12.1 Å². The predicted octanol–water partition coefficient (Wildman–Crippen LogP) is 2.84. The Morgan fingerprint density at radius 1 is 1.19 bits per heavy atom. The molecule has 5 heteroatoms. The largest absolute Gasteiger partial charge is 1.00 e. The van der Waals surface area contributed by atoms with Gasteiger partial charge >= 0.3 is 5.91 Å². The number of halogens is 3. The Kier molecular flexibility index (Phi) is 9.08. The number of hydrogen-bond donors (Lipinski definition) is 0. The molecule has 26 heavy (non-hydrogen) atoms. The summed E-state index contributed by atoms with van der Waals surface area (Å²) in [5, 5.41) is 1.34. The number of quaternary nitrogens is 1. The van der Waals surface area contributed by atoms with Gasteiger partial charge < -0.3 is 17.0 Å². The van der Waals surface area contributed by atoms with Gasteiger partial charge in [0.25, 0.3) is 0 Å². The monoisotopic (exact) mass is 459 g/mol. The van der Waals surface area contributed by atoms with Crippen LogP contribution in [0.25, 0.3) is 0 Å². The van der Waals surface area contributed by atoms with Gasteiger partial charge in [0.2, 0.25) is 0 Å². The van der Waals surface area contributed by atoms with Crippen LogP contribution >= 0.6 is 23.2 Å². The molecule has 144 valence electrons. The fourth-order valence-corrected chi connectivity index (χ4v) is 4.53. The fraction of sp³-hybridized carbons (Fsp3) is 0.476. The molecule has 0 spiro atoms. The van der Waals surface area contributed by atoms with Crippen LogP contribution in [0.2, 0.25) is 10.0 Å². The first-order valence-corrected chi connectivity index (χ1v) is 9.71. The summed E-state index contributed by atoms with van der Waals surface area (Å²) in [4.78, 5) is 12.8. The lowest BCUT2D eigenvalue weighted by atomic mass is 9.81. The van der Waals surface area contributed by atoms with Crippen molar-refractivity contribution in [2.75, 3.05) is 19.6 Å². The zero-order valence-corrected chi connectivity index (χ0v) is 18.9. The van der Waals surface area contributed by atoms with Crippen molar-refractivity contribution in [2.24, 2.45) is 5.41 Å². The van der Waals surface area contributed by atoms with Gasteiger partial charge in [-0.05, 0) is 38.0 Å². The first-order valence-electron chi connectivity index (χ1n) is 8.95. The molecular formula is C21H28BrCl2NO. The number of carbonyl (C=O) groups is 1. The summed E-state index contributed by atoms with van der Waals surface area (Å²) in [5.41, 5.74) is 0.927. The molecule has 0 N–H and O–H groups in total. The Bertz CT molecular complexity index is 681. The van der Waals surface area contributed by atoms with E-state index in [1.165, 1.54) is 0 Å². The minimum absolute atomic E-state index is 0. The average molecular weight is 461 g/mol. The van der Waals surface area contributed by atoms with Gasteiger partial charge in [-0.1, -0.05) is 54.4 Å². The van der Waals surface area contributed by atoms with Gasteiger partial charge in [-0.2, -0.15) is 0 Å². The maximum atomic E-state index is 12.8. The number of allylic oxidation sites excluding steroid dienone is 2. The summed E-state index contributed by atoms with van der Waals surface area (Å²) in [6.07, 6.45) is 10.9. The maximum absolute atomic E-state index is 12.8. The molecule has 1 aliphatic heterocycles. The highest BCUT2D eigenvalue weighted by Crippen LogP contribution is 2.35. The van der Waals surface area contributed by atoms with Crippen molar-refractivity contribution in [2.45, 2.75) is 40.0 Å². The Balaban J connectivity index is 0.00000338. The molecule has 1 unspecified atom stereocenters. The van der Waals surface area contributed by atoms with E-state index in [0.29, 0.717) is 14.5 Å². The fourth-order valence-electron chi connectivity index (χ4n) is 4.06. The van der Waals surface area contributed by atoms with E-state index in [9.17, 15) is 4.79 Å². The van der Waals surface area contributed by atoms with Crippen LogP contribution in [0.1, 0.15) is 39.2 Å². The first-order chi connectivity index (χ1) is 11.8. The standard InChI is InChI=1S/C21H28Cl2NO.BrH/c1-4-8-20(25)24(12-6-7-13-24)16-21(3,11-5-2)15-17-9-10-18(22)14-19(17)23;/h4-5,8-11,14H,6-7,12-13,15-16H2,1-3H3;1H/q+1;/p-1. The van der Waals surface area contributed by atoms with Crippen LogP contribution in [0.15, 0.2) is 42.5 Å². The van der Waals surface area contributed by atoms with Crippen LogP contribution in [0.3, 0.4) is 0 Å². The Hall–Kier alpha value is -0.610. The molecule has 1 heterocycles. The van der Waals surface area contributed by atoms with Gasteiger partial charge in [-0.3, -0.25) is 4.48 Å². The molecule has 2 nitrogen and oxygen atoms in total. The summed E-state index contributed by atoms with van der Waals surface area (Å²) in [5.74, 6) is 0.220. The highest BCUT2D eigenvalue weighted by atomic mass is 79.9. The van der Waals surface area contributed by atoms with Crippen LogP contribution in [0, 0.1) is 5.41 Å². The molecule has 1 fully saturated rings. The Labute approximate surface area is 178 Å². The molecule has 0 saturated carbocycles. The van der Waals surface area contributed by atoms with Crippen LogP contribution < -0.4 is 17.0 Å². The van der Waals surface area contributed by atoms with E-state index in [1.807, 2.05) is 32.1 Å². The van der Waals surface area contributed by atoms with Gasteiger partial charge in [-0.25, -0.2) is 4.79 Å². The van der Waals surface area contributed by atoms with Crippen molar-refractivity contribution in [3.63, 3.8) is 0 Å². The van der Waals surface area contributed by atoms with E-state index in [4.69, 9.17) is 23.2 Å². The minimum Gasteiger partial charge on any atom is -1.00 e. The molecule has 1 saturated heterocycles. The second-order valence-corrected chi connectivity index (χ2v) is 8.21. The second-order valence-electron chi connectivity index (χ2n) is 7.36.